The molecule has 130 valence electrons. The third-order valence-corrected chi connectivity index (χ3v) is 4.40. The first kappa shape index (κ1) is 17.0. The highest BCUT2D eigenvalue weighted by Crippen LogP contribution is 2.33. The molecule has 1 heterocycles. The van der Waals surface area contributed by atoms with Gasteiger partial charge in [-0.25, -0.2) is 0 Å². The van der Waals surface area contributed by atoms with E-state index in [2.05, 4.69) is 0 Å². The summed E-state index contributed by atoms with van der Waals surface area (Å²) in [7, 11) is 1.75. The molecule has 0 aromatic heterocycles. The van der Waals surface area contributed by atoms with Crippen LogP contribution in [0.4, 0.5) is 11.4 Å². The Bertz CT molecular complexity index is 761. The molecule has 0 bridgehead atoms. The van der Waals surface area contributed by atoms with Crippen LogP contribution in [0.2, 0.25) is 0 Å². The van der Waals surface area contributed by atoms with Gasteiger partial charge in [0.2, 0.25) is 11.8 Å². The average molecular weight is 338 g/mol. The van der Waals surface area contributed by atoms with Crippen molar-refractivity contribution in [2.75, 3.05) is 30.0 Å². The topological polar surface area (TPSA) is 49.9 Å². The third kappa shape index (κ3) is 3.50. The van der Waals surface area contributed by atoms with Gasteiger partial charge in [-0.15, -0.1) is 0 Å². The van der Waals surface area contributed by atoms with Crippen molar-refractivity contribution in [1.29, 1.82) is 0 Å². The fourth-order valence-electron chi connectivity index (χ4n) is 3.12. The minimum absolute atomic E-state index is 0.0454. The number of benzene rings is 2. The van der Waals surface area contributed by atoms with Gasteiger partial charge in [0, 0.05) is 25.7 Å². The van der Waals surface area contributed by atoms with E-state index in [0.717, 1.165) is 11.4 Å². The number of ether oxygens (including phenoxy) is 1. The lowest BCUT2D eigenvalue weighted by Crippen LogP contribution is -2.34. The fraction of sp³-hybridized carbons (Fsp3) is 0.300. The fourth-order valence-corrected chi connectivity index (χ4v) is 3.12. The van der Waals surface area contributed by atoms with Gasteiger partial charge in [-0.2, -0.15) is 0 Å². The number of hydrogen-bond donors (Lipinski definition) is 0. The summed E-state index contributed by atoms with van der Waals surface area (Å²) in [5.41, 5.74) is 1.56. The molecule has 0 spiro atoms. The summed E-state index contributed by atoms with van der Waals surface area (Å²) in [5, 5.41) is 0. The van der Waals surface area contributed by atoms with Gasteiger partial charge in [-0.3, -0.25) is 9.59 Å². The largest absolute Gasteiger partial charge is 0.492 e. The molecule has 0 radical (unpaired) electrons. The summed E-state index contributed by atoms with van der Waals surface area (Å²) >= 11 is 0. The molecule has 0 aliphatic carbocycles. The Morgan fingerprint density at radius 3 is 2.56 bits per heavy atom. The van der Waals surface area contributed by atoms with Crippen LogP contribution in [0.5, 0.6) is 5.75 Å². The molecule has 1 saturated heterocycles. The minimum Gasteiger partial charge on any atom is -0.492 e. The summed E-state index contributed by atoms with van der Waals surface area (Å²) in [5.74, 6) is 0.221. The van der Waals surface area contributed by atoms with E-state index in [-0.39, 0.29) is 24.2 Å². The lowest BCUT2D eigenvalue weighted by Gasteiger charge is -2.22. The molecule has 0 saturated carbocycles. The molecule has 1 aliphatic heterocycles. The summed E-state index contributed by atoms with van der Waals surface area (Å²) in [6.07, 6.45) is 0.219. The van der Waals surface area contributed by atoms with Gasteiger partial charge < -0.3 is 14.5 Å². The lowest BCUT2D eigenvalue weighted by atomic mass is 10.1. The van der Waals surface area contributed by atoms with E-state index >= 15 is 0 Å². The Balaban J connectivity index is 1.78. The van der Waals surface area contributed by atoms with Crippen molar-refractivity contribution in [3.63, 3.8) is 0 Å². The van der Waals surface area contributed by atoms with Crippen molar-refractivity contribution in [1.82, 2.24) is 0 Å². The van der Waals surface area contributed by atoms with Gasteiger partial charge in [0.25, 0.3) is 0 Å². The highest BCUT2D eigenvalue weighted by molar-refractivity contribution is 6.04. The number of para-hydroxylation sites is 3. The van der Waals surface area contributed by atoms with Crippen LogP contribution in [0.3, 0.4) is 0 Å². The van der Waals surface area contributed by atoms with E-state index in [1.54, 1.807) is 16.8 Å². The molecule has 2 amide bonds. The smallest absolute Gasteiger partial charge is 0.232 e. The molecule has 2 aromatic rings. The van der Waals surface area contributed by atoms with E-state index in [4.69, 9.17) is 4.74 Å². The average Bonchev–Trinajstić information content (AvgIpc) is 3.03. The van der Waals surface area contributed by atoms with E-state index in [1.165, 1.54) is 0 Å². The Kier molecular flexibility index (Phi) is 5.03. The third-order valence-electron chi connectivity index (χ3n) is 4.40. The molecule has 1 fully saturated rings. The maximum absolute atomic E-state index is 12.8. The lowest BCUT2D eigenvalue weighted by molar-refractivity contribution is -0.124. The van der Waals surface area contributed by atoms with Crippen LogP contribution in [0.1, 0.15) is 13.3 Å². The number of carbonyl (C=O) groups excluding carboxylic acids is 2. The predicted molar refractivity (Wildman–Crippen MR) is 97.9 cm³/mol. The predicted octanol–water partition coefficient (Wildman–Crippen LogP) is 3.10. The summed E-state index contributed by atoms with van der Waals surface area (Å²) in [6.45, 7) is 2.81. The maximum atomic E-state index is 12.8. The zero-order valence-corrected chi connectivity index (χ0v) is 14.5. The molecule has 5 nitrogen and oxygen atoms in total. The second-order valence-electron chi connectivity index (χ2n) is 6.04. The Morgan fingerprint density at radius 2 is 1.84 bits per heavy atom. The zero-order chi connectivity index (χ0) is 17.8. The minimum atomic E-state index is -0.354. The van der Waals surface area contributed by atoms with Crippen LogP contribution >= 0.6 is 0 Å². The van der Waals surface area contributed by atoms with Crippen molar-refractivity contribution in [3.05, 3.63) is 54.6 Å². The monoisotopic (exact) mass is 338 g/mol. The second kappa shape index (κ2) is 7.38. The summed E-state index contributed by atoms with van der Waals surface area (Å²) in [6, 6.07) is 16.9. The normalized spacial score (nSPS) is 16.8. The Hall–Kier alpha value is -2.82. The summed E-state index contributed by atoms with van der Waals surface area (Å²) in [4.78, 5) is 28.6. The van der Waals surface area contributed by atoms with Crippen molar-refractivity contribution in [3.8, 4) is 5.75 Å². The second-order valence-corrected chi connectivity index (χ2v) is 6.04. The standard InChI is InChI=1S/C20H22N2O3/c1-3-25-18-12-8-7-11-17(18)22-14-15(13-19(22)23)20(24)21(2)16-9-5-4-6-10-16/h4-12,15H,3,13-14H2,1-2H3. The van der Waals surface area contributed by atoms with Crippen molar-refractivity contribution in [2.24, 2.45) is 5.92 Å². The van der Waals surface area contributed by atoms with Gasteiger partial charge in [0.1, 0.15) is 5.75 Å². The number of carbonyl (C=O) groups is 2. The Morgan fingerprint density at radius 1 is 1.16 bits per heavy atom. The molecule has 3 rings (SSSR count). The Labute approximate surface area is 147 Å². The van der Waals surface area contributed by atoms with Gasteiger partial charge in [0.15, 0.2) is 0 Å². The number of rotatable bonds is 5. The van der Waals surface area contributed by atoms with E-state index in [0.29, 0.717) is 18.9 Å². The molecule has 2 aromatic carbocycles. The van der Waals surface area contributed by atoms with Crippen LogP contribution in [0.25, 0.3) is 0 Å². The van der Waals surface area contributed by atoms with Crippen LogP contribution in [-0.4, -0.2) is 32.0 Å². The van der Waals surface area contributed by atoms with Gasteiger partial charge in [0.05, 0.1) is 18.2 Å². The highest BCUT2D eigenvalue weighted by Gasteiger charge is 2.37. The number of nitrogens with zero attached hydrogens (tertiary/aromatic N) is 2. The first-order chi connectivity index (χ1) is 12.1. The number of amides is 2. The van der Waals surface area contributed by atoms with Crippen molar-refractivity contribution < 1.29 is 14.3 Å². The van der Waals surface area contributed by atoms with Crippen LogP contribution in [-0.2, 0) is 9.59 Å². The first-order valence-corrected chi connectivity index (χ1v) is 8.46. The maximum Gasteiger partial charge on any atom is 0.232 e. The molecular formula is C20H22N2O3. The van der Waals surface area contributed by atoms with E-state index in [1.807, 2.05) is 61.5 Å². The van der Waals surface area contributed by atoms with Gasteiger partial charge >= 0.3 is 0 Å². The van der Waals surface area contributed by atoms with Crippen LogP contribution in [0, 0.1) is 5.92 Å². The van der Waals surface area contributed by atoms with E-state index in [9.17, 15) is 9.59 Å². The molecule has 1 unspecified atom stereocenters. The SMILES string of the molecule is CCOc1ccccc1N1CC(C(=O)N(C)c2ccccc2)CC1=O. The number of hydrogen-bond acceptors (Lipinski definition) is 3. The van der Waals surface area contributed by atoms with Crippen molar-refractivity contribution >= 4 is 23.2 Å². The van der Waals surface area contributed by atoms with Crippen LogP contribution < -0.4 is 14.5 Å². The molecule has 0 N–H and O–H groups in total. The quantitative estimate of drug-likeness (QED) is 0.842. The first-order valence-electron chi connectivity index (χ1n) is 8.46. The van der Waals surface area contributed by atoms with Gasteiger partial charge in [-0.1, -0.05) is 30.3 Å². The van der Waals surface area contributed by atoms with Crippen molar-refractivity contribution in [2.45, 2.75) is 13.3 Å². The molecular weight excluding hydrogens is 316 g/mol. The number of anilines is 2. The molecule has 5 heteroatoms. The van der Waals surface area contributed by atoms with Crippen LogP contribution in [0.15, 0.2) is 54.6 Å². The highest BCUT2D eigenvalue weighted by atomic mass is 16.5. The molecule has 1 aliphatic rings. The van der Waals surface area contributed by atoms with Gasteiger partial charge in [-0.05, 0) is 31.2 Å². The summed E-state index contributed by atoms with van der Waals surface area (Å²) < 4.78 is 5.62. The van der Waals surface area contributed by atoms with E-state index < -0.39 is 0 Å². The molecule has 25 heavy (non-hydrogen) atoms. The zero-order valence-electron chi connectivity index (χ0n) is 14.5. The molecule has 1 atom stereocenters.